The maximum absolute atomic E-state index is 11.9. The summed E-state index contributed by atoms with van der Waals surface area (Å²) < 4.78 is 5.81. The molecule has 1 aromatic carbocycles. The zero-order chi connectivity index (χ0) is 19.6. The third kappa shape index (κ3) is 3.98. The molecule has 1 aliphatic heterocycles. The van der Waals surface area contributed by atoms with Crippen molar-refractivity contribution >= 4 is 23.1 Å². The van der Waals surface area contributed by atoms with E-state index < -0.39 is 4.92 Å². The van der Waals surface area contributed by atoms with Crippen molar-refractivity contribution in [3.05, 3.63) is 44.7 Å². The van der Waals surface area contributed by atoms with Crippen molar-refractivity contribution in [2.75, 3.05) is 11.4 Å². The number of aromatic nitrogens is 2. The topological polar surface area (TPSA) is 81.4 Å². The molecule has 2 heterocycles. The van der Waals surface area contributed by atoms with E-state index in [0.29, 0.717) is 16.6 Å². The molecule has 1 saturated heterocycles. The fourth-order valence-corrected chi connectivity index (χ4v) is 3.69. The van der Waals surface area contributed by atoms with E-state index in [9.17, 15) is 10.1 Å². The van der Waals surface area contributed by atoms with Crippen molar-refractivity contribution in [3.8, 4) is 11.6 Å². The van der Waals surface area contributed by atoms with E-state index in [4.69, 9.17) is 16.3 Å². The third-order valence-corrected chi connectivity index (χ3v) is 5.54. The van der Waals surface area contributed by atoms with E-state index in [2.05, 4.69) is 16.9 Å². The van der Waals surface area contributed by atoms with Crippen LogP contribution in [-0.4, -0.2) is 27.5 Å². The third-order valence-electron chi connectivity index (χ3n) is 4.95. The number of benzene rings is 1. The summed E-state index contributed by atoms with van der Waals surface area (Å²) in [5, 5.41) is 12.5. The minimum Gasteiger partial charge on any atom is -0.434 e. The van der Waals surface area contributed by atoms with Gasteiger partial charge in [-0.15, -0.1) is 0 Å². The van der Waals surface area contributed by atoms with Gasteiger partial charge >= 0.3 is 11.6 Å². The first-order chi connectivity index (χ1) is 12.9. The maximum atomic E-state index is 11.9. The second-order valence-corrected chi connectivity index (χ2v) is 7.21. The van der Waals surface area contributed by atoms with Gasteiger partial charge < -0.3 is 9.64 Å². The lowest BCUT2D eigenvalue weighted by Gasteiger charge is -2.35. The molecule has 1 aromatic heterocycles. The van der Waals surface area contributed by atoms with E-state index in [-0.39, 0.29) is 17.6 Å². The minimum atomic E-state index is -0.457. The largest absolute Gasteiger partial charge is 0.434 e. The Hall–Kier alpha value is -2.41. The Morgan fingerprint density at radius 1 is 1.30 bits per heavy atom. The fourth-order valence-electron chi connectivity index (χ4n) is 3.58. The molecule has 27 heavy (non-hydrogen) atoms. The zero-order valence-electron chi connectivity index (χ0n) is 15.7. The van der Waals surface area contributed by atoms with Gasteiger partial charge in [-0.3, -0.25) is 10.1 Å². The molecule has 1 aliphatic rings. The second-order valence-electron chi connectivity index (χ2n) is 6.83. The first-order valence-corrected chi connectivity index (χ1v) is 9.50. The second kappa shape index (κ2) is 8.08. The van der Waals surface area contributed by atoms with Crippen LogP contribution in [0, 0.1) is 24.0 Å². The first kappa shape index (κ1) is 19.4. The molecule has 8 heteroatoms. The standard InChI is InChI=1S/C19H23ClN4O3/c1-4-14-7-5-6-8-23(14)18-17(24(25)26)19(22-11-21-18)27-15-9-12(2)16(20)13(3)10-15/h9-11,14H,4-8H2,1-3H3. The van der Waals surface area contributed by atoms with E-state index in [1.165, 1.54) is 6.33 Å². The van der Waals surface area contributed by atoms with Crippen molar-refractivity contribution in [1.82, 2.24) is 9.97 Å². The number of piperidine rings is 1. The summed E-state index contributed by atoms with van der Waals surface area (Å²) in [6, 6.07) is 3.73. The Bertz CT molecular complexity index is 836. The summed E-state index contributed by atoms with van der Waals surface area (Å²) >= 11 is 6.20. The van der Waals surface area contributed by atoms with Gasteiger partial charge in [0.1, 0.15) is 12.1 Å². The van der Waals surface area contributed by atoms with E-state index in [0.717, 1.165) is 43.4 Å². The predicted octanol–water partition coefficient (Wildman–Crippen LogP) is 5.22. The molecule has 144 valence electrons. The molecule has 2 aromatic rings. The van der Waals surface area contributed by atoms with Crippen molar-refractivity contribution in [1.29, 1.82) is 0 Å². The number of nitrogens with zero attached hydrogens (tertiary/aromatic N) is 4. The highest BCUT2D eigenvalue weighted by atomic mass is 35.5. The average molecular weight is 391 g/mol. The van der Waals surface area contributed by atoms with Crippen molar-refractivity contribution in [2.45, 2.75) is 52.5 Å². The number of ether oxygens (including phenoxy) is 1. The highest BCUT2D eigenvalue weighted by Crippen LogP contribution is 2.39. The summed E-state index contributed by atoms with van der Waals surface area (Å²) in [6.45, 7) is 6.56. The first-order valence-electron chi connectivity index (χ1n) is 9.13. The monoisotopic (exact) mass is 390 g/mol. The van der Waals surface area contributed by atoms with Crippen molar-refractivity contribution < 1.29 is 9.66 Å². The van der Waals surface area contributed by atoms with Crippen LogP contribution in [0.15, 0.2) is 18.5 Å². The summed E-state index contributed by atoms with van der Waals surface area (Å²) in [4.78, 5) is 21.7. The molecule has 0 radical (unpaired) electrons. The van der Waals surface area contributed by atoms with E-state index >= 15 is 0 Å². The molecule has 1 fully saturated rings. The van der Waals surface area contributed by atoms with Gasteiger partial charge in [-0.1, -0.05) is 18.5 Å². The molecule has 3 rings (SSSR count). The predicted molar refractivity (Wildman–Crippen MR) is 105 cm³/mol. The lowest BCUT2D eigenvalue weighted by atomic mass is 10.00. The van der Waals surface area contributed by atoms with Gasteiger partial charge in [0.05, 0.1) is 4.92 Å². The van der Waals surface area contributed by atoms with Crippen LogP contribution in [-0.2, 0) is 0 Å². The Morgan fingerprint density at radius 3 is 2.63 bits per heavy atom. The molecule has 0 amide bonds. The SMILES string of the molecule is CCC1CCCCN1c1ncnc(Oc2cc(C)c(Cl)c(C)c2)c1[N+](=O)[O-]. The molecular weight excluding hydrogens is 368 g/mol. The average Bonchev–Trinajstić information content (AvgIpc) is 2.65. The summed E-state index contributed by atoms with van der Waals surface area (Å²) in [6.07, 6.45) is 5.36. The van der Waals surface area contributed by atoms with Crippen LogP contribution in [0.2, 0.25) is 5.02 Å². The van der Waals surface area contributed by atoms with Crippen LogP contribution >= 0.6 is 11.6 Å². The van der Waals surface area contributed by atoms with E-state index in [1.54, 1.807) is 12.1 Å². The zero-order valence-corrected chi connectivity index (χ0v) is 16.5. The number of rotatable bonds is 5. The number of halogens is 1. The van der Waals surface area contributed by atoms with Crippen LogP contribution in [0.25, 0.3) is 0 Å². The summed E-state index contributed by atoms with van der Waals surface area (Å²) in [5.74, 6) is 0.748. The Balaban J connectivity index is 2.03. The maximum Gasteiger partial charge on any atom is 0.373 e. The number of anilines is 1. The summed E-state index contributed by atoms with van der Waals surface area (Å²) in [7, 11) is 0. The Morgan fingerprint density at radius 2 is 2.00 bits per heavy atom. The molecule has 0 saturated carbocycles. The van der Waals surface area contributed by atoms with Crippen molar-refractivity contribution in [2.24, 2.45) is 0 Å². The van der Waals surface area contributed by atoms with Crippen LogP contribution in [0.5, 0.6) is 11.6 Å². The molecule has 1 atom stereocenters. The highest BCUT2D eigenvalue weighted by molar-refractivity contribution is 6.32. The number of nitro groups is 1. The molecule has 0 spiro atoms. The van der Waals surface area contributed by atoms with Gasteiger partial charge in [0.15, 0.2) is 0 Å². The number of hydrogen-bond acceptors (Lipinski definition) is 6. The van der Waals surface area contributed by atoms with Gasteiger partial charge in [0.2, 0.25) is 5.82 Å². The Kier molecular flexibility index (Phi) is 5.79. The normalized spacial score (nSPS) is 17.0. The molecule has 1 unspecified atom stereocenters. The van der Waals surface area contributed by atoms with Gasteiger partial charge in [-0.05, 0) is 62.8 Å². The lowest BCUT2D eigenvalue weighted by Crippen LogP contribution is -2.40. The van der Waals surface area contributed by atoms with Gasteiger partial charge in [0, 0.05) is 17.6 Å². The quantitative estimate of drug-likeness (QED) is 0.514. The van der Waals surface area contributed by atoms with Gasteiger partial charge in [-0.25, -0.2) is 4.98 Å². The molecule has 0 N–H and O–H groups in total. The van der Waals surface area contributed by atoms with E-state index in [1.807, 2.05) is 18.7 Å². The number of aryl methyl sites for hydroxylation is 2. The van der Waals surface area contributed by atoms with Crippen LogP contribution in [0.1, 0.15) is 43.7 Å². The molecule has 0 bridgehead atoms. The van der Waals surface area contributed by atoms with Gasteiger partial charge in [0.25, 0.3) is 0 Å². The molecule has 7 nitrogen and oxygen atoms in total. The van der Waals surface area contributed by atoms with Crippen LogP contribution in [0.4, 0.5) is 11.5 Å². The summed E-state index contributed by atoms with van der Waals surface area (Å²) in [5.41, 5.74) is 1.49. The van der Waals surface area contributed by atoms with Gasteiger partial charge in [-0.2, -0.15) is 4.98 Å². The van der Waals surface area contributed by atoms with Crippen LogP contribution in [0.3, 0.4) is 0 Å². The smallest absolute Gasteiger partial charge is 0.373 e. The highest BCUT2D eigenvalue weighted by Gasteiger charge is 2.33. The minimum absolute atomic E-state index is 0.0495. The Labute approximate surface area is 163 Å². The van der Waals surface area contributed by atoms with Crippen LogP contribution < -0.4 is 9.64 Å². The lowest BCUT2D eigenvalue weighted by molar-refractivity contribution is -0.385. The fraction of sp³-hybridized carbons (Fsp3) is 0.474. The molecule has 0 aliphatic carbocycles. The molecular formula is C19H23ClN4O3. The number of hydrogen-bond donors (Lipinski definition) is 0. The van der Waals surface area contributed by atoms with Crippen molar-refractivity contribution in [3.63, 3.8) is 0 Å².